The van der Waals surface area contributed by atoms with Crippen molar-refractivity contribution >= 4 is 28.8 Å². The number of aromatic nitrogens is 2. The summed E-state index contributed by atoms with van der Waals surface area (Å²) in [6.45, 7) is 2.48. The summed E-state index contributed by atoms with van der Waals surface area (Å²) >= 11 is 7.28. The van der Waals surface area contributed by atoms with Crippen molar-refractivity contribution in [3.05, 3.63) is 63.1 Å². The van der Waals surface area contributed by atoms with Crippen molar-refractivity contribution in [3.63, 3.8) is 0 Å². The Labute approximate surface area is 166 Å². The van der Waals surface area contributed by atoms with Gasteiger partial charge in [-0.15, -0.1) is 11.3 Å². The summed E-state index contributed by atoms with van der Waals surface area (Å²) in [5, 5.41) is 9.70. The van der Waals surface area contributed by atoms with Crippen molar-refractivity contribution in [2.24, 2.45) is 0 Å². The molecule has 0 fully saturated rings. The van der Waals surface area contributed by atoms with Crippen molar-refractivity contribution < 1.29 is 14.3 Å². The Bertz CT molecular complexity index is 938. The molecule has 0 saturated heterocycles. The zero-order chi connectivity index (χ0) is 19.4. The van der Waals surface area contributed by atoms with Crippen molar-refractivity contribution in [3.8, 4) is 11.5 Å². The third-order valence-electron chi connectivity index (χ3n) is 4.07. The molecule has 0 aliphatic rings. The number of nitrogens with one attached hydrogen (secondary N) is 1. The lowest BCUT2D eigenvalue weighted by Gasteiger charge is -2.18. The highest BCUT2D eigenvalue weighted by Crippen LogP contribution is 2.29. The van der Waals surface area contributed by atoms with Crippen LogP contribution in [0.2, 0.25) is 5.02 Å². The number of ether oxygens (including phenoxy) is 2. The monoisotopic (exact) mass is 405 g/mol. The van der Waals surface area contributed by atoms with Gasteiger partial charge >= 0.3 is 0 Å². The van der Waals surface area contributed by atoms with E-state index >= 15 is 0 Å². The molecule has 1 amide bonds. The number of methoxy groups -OCH3 is 2. The standard InChI is InChI=1S/C19H20ClN3O3S/c1-12(16-7-15(25-2)4-5-17(16)26-3)22-19(24)18-6-13(11-27-18)9-23-10-14(20)8-21-23/h4-8,10-12H,9H2,1-3H3,(H,22,24). The Morgan fingerprint density at radius 3 is 2.81 bits per heavy atom. The number of benzene rings is 1. The van der Waals surface area contributed by atoms with Gasteiger partial charge in [0.15, 0.2) is 0 Å². The molecule has 3 aromatic rings. The molecule has 0 bridgehead atoms. The molecule has 0 saturated carbocycles. The maximum absolute atomic E-state index is 12.6. The predicted octanol–water partition coefficient (Wildman–Crippen LogP) is 4.15. The first-order valence-corrected chi connectivity index (χ1v) is 9.54. The van der Waals surface area contributed by atoms with E-state index in [-0.39, 0.29) is 11.9 Å². The van der Waals surface area contributed by atoms with E-state index < -0.39 is 0 Å². The van der Waals surface area contributed by atoms with E-state index in [1.165, 1.54) is 11.3 Å². The Hall–Kier alpha value is -2.51. The summed E-state index contributed by atoms with van der Waals surface area (Å²) in [6, 6.07) is 7.15. The van der Waals surface area contributed by atoms with Gasteiger partial charge < -0.3 is 14.8 Å². The number of hydrogen-bond acceptors (Lipinski definition) is 5. The quantitative estimate of drug-likeness (QED) is 0.641. The molecule has 1 unspecified atom stereocenters. The molecule has 0 aliphatic carbocycles. The number of hydrogen-bond donors (Lipinski definition) is 1. The van der Waals surface area contributed by atoms with Crippen molar-refractivity contribution in [2.45, 2.75) is 19.5 Å². The molecule has 0 spiro atoms. The van der Waals surface area contributed by atoms with Crippen LogP contribution in [0.25, 0.3) is 0 Å². The van der Waals surface area contributed by atoms with Crippen LogP contribution in [0.5, 0.6) is 11.5 Å². The van der Waals surface area contributed by atoms with Crippen LogP contribution >= 0.6 is 22.9 Å². The maximum atomic E-state index is 12.6. The highest BCUT2D eigenvalue weighted by Gasteiger charge is 2.17. The molecule has 6 nitrogen and oxygen atoms in total. The molecule has 3 rings (SSSR count). The fourth-order valence-corrected chi connectivity index (χ4v) is 3.68. The lowest BCUT2D eigenvalue weighted by atomic mass is 10.1. The van der Waals surface area contributed by atoms with Crippen LogP contribution in [0.3, 0.4) is 0 Å². The molecule has 2 aromatic heterocycles. The number of amides is 1. The van der Waals surface area contributed by atoms with Crippen LogP contribution < -0.4 is 14.8 Å². The topological polar surface area (TPSA) is 65.4 Å². The average molecular weight is 406 g/mol. The summed E-state index contributed by atoms with van der Waals surface area (Å²) in [6.07, 6.45) is 3.33. The Morgan fingerprint density at radius 2 is 2.15 bits per heavy atom. The van der Waals surface area contributed by atoms with Crippen molar-refractivity contribution in [2.75, 3.05) is 14.2 Å². The number of nitrogens with zero attached hydrogens (tertiary/aromatic N) is 2. The minimum absolute atomic E-state index is 0.137. The fourth-order valence-electron chi connectivity index (χ4n) is 2.71. The van der Waals surface area contributed by atoms with E-state index in [9.17, 15) is 4.79 Å². The van der Waals surface area contributed by atoms with E-state index in [1.54, 1.807) is 31.3 Å². The van der Waals surface area contributed by atoms with Crippen molar-refractivity contribution in [1.82, 2.24) is 15.1 Å². The van der Waals surface area contributed by atoms with Gasteiger partial charge in [0.1, 0.15) is 11.5 Å². The second-order valence-corrected chi connectivity index (χ2v) is 7.33. The minimum atomic E-state index is -0.238. The molecule has 1 atom stereocenters. The number of carbonyl (C=O) groups excluding carboxylic acids is 1. The first kappa shape index (κ1) is 19.3. The van der Waals surface area contributed by atoms with Gasteiger partial charge in [0.2, 0.25) is 0 Å². The van der Waals surface area contributed by atoms with E-state index in [1.807, 2.05) is 36.6 Å². The van der Waals surface area contributed by atoms with Gasteiger partial charge in [-0.25, -0.2) is 0 Å². The zero-order valence-corrected chi connectivity index (χ0v) is 16.8. The third-order valence-corrected chi connectivity index (χ3v) is 5.25. The van der Waals surface area contributed by atoms with Crippen LogP contribution in [-0.4, -0.2) is 29.9 Å². The number of rotatable bonds is 7. The highest BCUT2D eigenvalue weighted by molar-refractivity contribution is 7.12. The third kappa shape index (κ3) is 4.61. The summed E-state index contributed by atoms with van der Waals surface area (Å²) < 4.78 is 12.4. The molecule has 142 valence electrons. The molecule has 2 heterocycles. The second-order valence-electron chi connectivity index (χ2n) is 5.98. The Morgan fingerprint density at radius 1 is 1.33 bits per heavy atom. The minimum Gasteiger partial charge on any atom is -0.497 e. The molecule has 8 heteroatoms. The van der Waals surface area contributed by atoms with Gasteiger partial charge in [0.25, 0.3) is 5.91 Å². The molecule has 27 heavy (non-hydrogen) atoms. The van der Waals surface area contributed by atoms with Crippen LogP contribution in [0.15, 0.2) is 42.0 Å². The van der Waals surface area contributed by atoms with Gasteiger partial charge in [-0.1, -0.05) is 11.6 Å². The van der Waals surface area contributed by atoms with Gasteiger partial charge in [-0.05, 0) is 42.1 Å². The lowest BCUT2D eigenvalue weighted by Crippen LogP contribution is -2.26. The number of carbonyl (C=O) groups is 1. The molecular weight excluding hydrogens is 386 g/mol. The molecule has 0 aliphatic heterocycles. The lowest BCUT2D eigenvalue weighted by molar-refractivity contribution is 0.0943. The Balaban J connectivity index is 1.70. The van der Waals surface area contributed by atoms with E-state index in [0.29, 0.717) is 27.9 Å². The summed E-state index contributed by atoms with van der Waals surface area (Å²) in [7, 11) is 3.21. The number of halogens is 1. The highest BCUT2D eigenvalue weighted by atomic mass is 35.5. The summed E-state index contributed by atoms with van der Waals surface area (Å²) in [5.74, 6) is 1.27. The largest absolute Gasteiger partial charge is 0.497 e. The van der Waals surface area contributed by atoms with Gasteiger partial charge in [-0.3, -0.25) is 9.48 Å². The van der Waals surface area contributed by atoms with E-state index in [4.69, 9.17) is 21.1 Å². The van der Waals surface area contributed by atoms with E-state index in [0.717, 1.165) is 11.1 Å². The number of thiophene rings is 1. The van der Waals surface area contributed by atoms with Crippen molar-refractivity contribution in [1.29, 1.82) is 0 Å². The fraction of sp³-hybridized carbons (Fsp3) is 0.263. The predicted molar refractivity (Wildman–Crippen MR) is 106 cm³/mol. The molecular formula is C19H20ClN3O3S. The van der Waals surface area contributed by atoms with Crippen LogP contribution in [0, 0.1) is 0 Å². The summed E-state index contributed by atoms with van der Waals surface area (Å²) in [5.41, 5.74) is 1.85. The maximum Gasteiger partial charge on any atom is 0.261 e. The SMILES string of the molecule is COc1ccc(OC)c(C(C)NC(=O)c2cc(Cn3cc(Cl)cn3)cs2)c1. The molecule has 0 radical (unpaired) electrons. The van der Waals surface area contributed by atoms with Gasteiger partial charge in [0, 0.05) is 11.8 Å². The van der Waals surface area contributed by atoms with Crippen LogP contribution in [0.4, 0.5) is 0 Å². The van der Waals surface area contributed by atoms with Crippen LogP contribution in [0.1, 0.15) is 33.8 Å². The van der Waals surface area contributed by atoms with Crippen LogP contribution in [-0.2, 0) is 6.54 Å². The van der Waals surface area contributed by atoms with E-state index in [2.05, 4.69) is 10.4 Å². The Kier molecular flexibility index (Phi) is 6.03. The summed E-state index contributed by atoms with van der Waals surface area (Å²) in [4.78, 5) is 13.3. The van der Waals surface area contributed by atoms with Gasteiger partial charge in [0.05, 0.1) is 42.9 Å². The molecule has 1 N–H and O–H groups in total. The zero-order valence-electron chi connectivity index (χ0n) is 15.2. The molecule has 1 aromatic carbocycles. The normalized spacial score (nSPS) is 11.9. The average Bonchev–Trinajstić information content (AvgIpc) is 3.30. The first-order chi connectivity index (χ1) is 13.0. The first-order valence-electron chi connectivity index (χ1n) is 8.28. The smallest absolute Gasteiger partial charge is 0.261 e. The van der Waals surface area contributed by atoms with Gasteiger partial charge in [-0.2, -0.15) is 5.10 Å². The second kappa shape index (κ2) is 8.45.